The minimum absolute atomic E-state index is 0.222. The molecule has 6 atom stereocenters. The predicted molar refractivity (Wildman–Crippen MR) is 82.9 cm³/mol. The normalized spacial score (nSPS) is 40.1. The van der Waals surface area contributed by atoms with Gasteiger partial charge in [-0.1, -0.05) is 47.6 Å². The number of oxime groups is 1. The van der Waals surface area contributed by atoms with Crippen LogP contribution in [0.1, 0.15) is 12.0 Å². The molecule has 2 fully saturated rings. The Bertz CT molecular complexity index is 853. The van der Waals surface area contributed by atoms with E-state index in [-0.39, 0.29) is 6.10 Å². The molecule has 2 heterocycles. The maximum absolute atomic E-state index is 5.87. The second kappa shape index (κ2) is 3.75. The molecule has 4 nitrogen and oxygen atoms in total. The van der Waals surface area contributed by atoms with Gasteiger partial charge in [0.05, 0.1) is 17.7 Å². The summed E-state index contributed by atoms with van der Waals surface area (Å²) in [5.41, 5.74) is 2.36. The van der Waals surface area contributed by atoms with Gasteiger partial charge in [0.1, 0.15) is 12.1 Å². The Kier molecular flexibility index (Phi) is 1.93. The lowest BCUT2D eigenvalue weighted by atomic mass is 9.75. The van der Waals surface area contributed by atoms with E-state index in [1.807, 2.05) is 0 Å². The average Bonchev–Trinajstić information content (AvgIpc) is 3.15. The molecular formula is C18H15N3O. The number of rotatable bonds is 1. The monoisotopic (exact) mass is 289 g/mol. The summed E-state index contributed by atoms with van der Waals surface area (Å²) in [6.07, 6.45) is 1.42. The maximum Gasteiger partial charge on any atom is 0.141 e. The SMILES string of the molecule is c1ccc2c(C3=NOC4C3[C@@H]3C[C@H]4[C@H]4N=N[C@H]43)cccc2c1. The van der Waals surface area contributed by atoms with Gasteiger partial charge in [0.2, 0.25) is 0 Å². The van der Waals surface area contributed by atoms with E-state index in [9.17, 15) is 0 Å². The van der Waals surface area contributed by atoms with E-state index in [2.05, 4.69) is 57.8 Å². The third-order valence-corrected chi connectivity index (χ3v) is 6.00. The lowest BCUT2D eigenvalue weighted by Gasteiger charge is -2.36. The Morgan fingerprint density at radius 1 is 0.909 bits per heavy atom. The highest BCUT2D eigenvalue weighted by Gasteiger charge is 2.66. The lowest BCUT2D eigenvalue weighted by Crippen LogP contribution is -2.47. The Morgan fingerprint density at radius 2 is 1.73 bits per heavy atom. The summed E-state index contributed by atoms with van der Waals surface area (Å²) in [5, 5.41) is 15.7. The summed E-state index contributed by atoms with van der Waals surface area (Å²) < 4.78 is 0. The highest BCUT2D eigenvalue weighted by atomic mass is 16.6. The molecule has 6 rings (SSSR count). The number of azo groups is 1. The molecule has 0 aromatic heterocycles. The van der Waals surface area contributed by atoms with Crippen molar-refractivity contribution in [1.82, 2.24) is 0 Å². The molecule has 0 amide bonds. The van der Waals surface area contributed by atoms with Crippen LogP contribution in [0.4, 0.5) is 0 Å². The second-order valence-corrected chi connectivity index (χ2v) is 6.87. The largest absolute Gasteiger partial charge is 0.391 e. The molecule has 2 aliphatic heterocycles. The van der Waals surface area contributed by atoms with Crippen LogP contribution < -0.4 is 0 Å². The molecule has 2 unspecified atom stereocenters. The quantitative estimate of drug-likeness (QED) is 0.793. The molecule has 0 N–H and O–H groups in total. The zero-order chi connectivity index (χ0) is 14.3. The fourth-order valence-corrected chi connectivity index (χ4v) is 5.05. The minimum atomic E-state index is 0.222. The van der Waals surface area contributed by atoms with Crippen LogP contribution in [0.15, 0.2) is 57.8 Å². The molecule has 4 aliphatic rings. The highest BCUT2D eigenvalue weighted by molar-refractivity contribution is 6.12. The number of fused-ring (bicyclic) bond motifs is 9. The minimum Gasteiger partial charge on any atom is -0.391 e. The van der Waals surface area contributed by atoms with Crippen molar-refractivity contribution in [1.29, 1.82) is 0 Å². The first-order chi connectivity index (χ1) is 10.9. The fourth-order valence-electron chi connectivity index (χ4n) is 5.05. The molecule has 0 spiro atoms. The summed E-state index contributed by atoms with van der Waals surface area (Å²) >= 11 is 0. The van der Waals surface area contributed by atoms with Gasteiger partial charge in [-0.15, -0.1) is 0 Å². The van der Waals surface area contributed by atoms with E-state index in [4.69, 9.17) is 4.84 Å². The molecule has 22 heavy (non-hydrogen) atoms. The summed E-state index contributed by atoms with van der Waals surface area (Å²) in [6.45, 7) is 0. The summed E-state index contributed by atoms with van der Waals surface area (Å²) in [7, 11) is 0. The van der Waals surface area contributed by atoms with Gasteiger partial charge in [-0.3, -0.25) is 0 Å². The Morgan fingerprint density at radius 3 is 2.64 bits per heavy atom. The zero-order valence-corrected chi connectivity index (χ0v) is 12.0. The fraction of sp³-hybridized carbons (Fsp3) is 0.389. The van der Waals surface area contributed by atoms with E-state index >= 15 is 0 Å². The Labute approximate surface area is 127 Å². The van der Waals surface area contributed by atoms with Crippen molar-refractivity contribution in [3.8, 4) is 0 Å². The molecule has 0 radical (unpaired) electrons. The van der Waals surface area contributed by atoms with Crippen molar-refractivity contribution in [2.75, 3.05) is 0 Å². The van der Waals surface area contributed by atoms with Crippen molar-refractivity contribution in [3.05, 3.63) is 48.0 Å². The number of hydrogen-bond acceptors (Lipinski definition) is 4. The first-order valence-electron chi connectivity index (χ1n) is 8.03. The van der Waals surface area contributed by atoms with Crippen LogP contribution in [0.25, 0.3) is 10.8 Å². The van der Waals surface area contributed by atoms with Gasteiger partial charge in [0.15, 0.2) is 0 Å². The number of benzene rings is 2. The van der Waals surface area contributed by atoms with Crippen LogP contribution in [0, 0.1) is 17.8 Å². The number of hydrogen-bond donors (Lipinski definition) is 0. The van der Waals surface area contributed by atoms with E-state index in [1.165, 1.54) is 22.8 Å². The highest BCUT2D eigenvalue weighted by Crippen LogP contribution is 2.58. The molecule has 2 bridgehead atoms. The third-order valence-electron chi connectivity index (χ3n) is 6.00. The van der Waals surface area contributed by atoms with Crippen LogP contribution in [0.3, 0.4) is 0 Å². The van der Waals surface area contributed by atoms with Crippen molar-refractivity contribution in [3.63, 3.8) is 0 Å². The van der Waals surface area contributed by atoms with Gasteiger partial charge in [-0.2, -0.15) is 10.2 Å². The molecule has 108 valence electrons. The smallest absolute Gasteiger partial charge is 0.141 e. The average molecular weight is 289 g/mol. The lowest BCUT2D eigenvalue weighted by molar-refractivity contribution is 0.00785. The van der Waals surface area contributed by atoms with Crippen molar-refractivity contribution in [2.45, 2.75) is 24.6 Å². The topological polar surface area (TPSA) is 46.3 Å². The van der Waals surface area contributed by atoms with Gasteiger partial charge in [0, 0.05) is 11.5 Å². The predicted octanol–water partition coefficient (Wildman–Crippen LogP) is 3.41. The molecule has 2 aliphatic carbocycles. The van der Waals surface area contributed by atoms with Crippen molar-refractivity contribution in [2.24, 2.45) is 33.1 Å². The Balaban J connectivity index is 1.50. The zero-order valence-electron chi connectivity index (χ0n) is 12.0. The summed E-state index contributed by atoms with van der Waals surface area (Å²) in [4.78, 5) is 5.87. The van der Waals surface area contributed by atoms with E-state index in [1.54, 1.807) is 0 Å². The van der Waals surface area contributed by atoms with E-state index < -0.39 is 0 Å². The van der Waals surface area contributed by atoms with E-state index in [0.717, 1.165) is 5.71 Å². The first kappa shape index (κ1) is 11.4. The molecule has 2 aromatic rings. The molecule has 2 saturated carbocycles. The maximum atomic E-state index is 5.87. The summed E-state index contributed by atoms with van der Waals surface area (Å²) in [6, 6.07) is 15.8. The van der Waals surface area contributed by atoms with Gasteiger partial charge in [-0.25, -0.2) is 0 Å². The van der Waals surface area contributed by atoms with Gasteiger partial charge in [0.25, 0.3) is 0 Å². The van der Waals surface area contributed by atoms with Crippen LogP contribution in [-0.2, 0) is 4.84 Å². The molecule has 2 aromatic carbocycles. The first-order valence-corrected chi connectivity index (χ1v) is 8.03. The van der Waals surface area contributed by atoms with Crippen LogP contribution >= 0.6 is 0 Å². The van der Waals surface area contributed by atoms with Crippen LogP contribution in [0.2, 0.25) is 0 Å². The Hall–Kier alpha value is -2.23. The van der Waals surface area contributed by atoms with Gasteiger partial charge in [-0.05, 0) is 23.1 Å². The standard InChI is InChI=1S/C18H15N3O/c1-2-6-10-9(4-1)5-3-7-11(10)15-14-12-8-13(18(14)22-21-15)17-16(12)19-20-17/h1-7,12-14,16-18H,8H2/t12-,13-,14?,16-,17+,18?/m0/s1. The second-order valence-electron chi connectivity index (χ2n) is 6.87. The molecular weight excluding hydrogens is 274 g/mol. The van der Waals surface area contributed by atoms with Crippen LogP contribution in [0.5, 0.6) is 0 Å². The van der Waals surface area contributed by atoms with E-state index in [0.29, 0.717) is 29.8 Å². The summed E-state index contributed by atoms with van der Waals surface area (Å²) in [5.74, 6) is 1.49. The van der Waals surface area contributed by atoms with Gasteiger partial charge < -0.3 is 4.84 Å². The van der Waals surface area contributed by atoms with Gasteiger partial charge >= 0.3 is 0 Å². The molecule has 0 saturated heterocycles. The molecule has 4 heteroatoms. The van der Waals surface area contributed by atoms with Crippen LogP contribution in [-0.4, -0.2) is 23.9 Å². The number of nitrogens with zero attached hydrogens (tertiary/aromatic N) is 3. The third kappa shape index (κ3) is 1.19. The van der Waals surface area contributed by atoms with Crippen molar-refractivity contribution < 1.29 is 4.84 Å². The van der Waals surface area contributed by atoms with Crippen molar-refractivity contribution >= 4 is 16.5 Å².